The first kappa shape index (κ1) is 18.7. The fourth-order valence-electron chi connectivity index (χ4n) is 1.75. The summed E-state index contributed by atoms with van der Waals surface area (Å²) in [5.41, 5.74) is 2.52. The highest BCUT2D eigenvalue weighted by molar-refractivity contribution is 6.42. The molecule has 2 aromatic rings. The van der Waals surface area contributed by atoms with E-state index in [0.29, 0.717) is 10.7 Å². The first-order valence-electron chi connectivity index (χ1n) is 6.78. The number of hydrogen-bond acceptors (Lipinski definition) is 5. The molecular weight excluding hydrogens is 373 g/mol. The SMILES string of the molecule is O=C(NOCC(=O)c1ccc([N+](=O)[O-])cc1)Nc1ccc(Cl)c(Cl)c1. The number of non-ortho nitro benzene ring substituents is 1. The van der Waals surface area contributed by atoms with Crippen molar-refractivity contribution in [1.82, 2.24) is 5.48 Å². The number of hydrogen-bond donors (Lipinski definition) is 2. The molecule has 130 valence electrons. The number of carbonyl (C=O) groups is 2. The van der Waals surface area contributed by atoms with E-state index in [1.165, 1.54) is 42.5 Å². The fraction of sp³-hybridized carbons (Fsp3) is 0.0667. The molecule has 0 aliphatic carbocycles. The van der Waals surface area contributed by atoms with Gasteiger partial charge in [0.25, 0.3) is 5.69 Å². The summed E-state index contributed by atoms with van der Waals surface area (Å²) in [4.78, 5) is 38.3. The second-order valence-electron chi connectivity index (χ2n) is 4.70. The minimum atomic E-state index is -0.713. The molecular formula is C15H11Cl2N3O5. The van der Waals surface area contributed by atoms with Crippen LogP contribution in [0.2, 0.25) is 10.0 Å². The van der Waals surface area contributed by atoms with Crippen LogP contribution >= 0.6 is 23.2 Å². The highest BCUT2D eigenvalue weighted by Crippen LogP contribution is 2.24. The van der Waals surface area contributed by atoms with E-state index in [1.807, 2.05) is 5.48 Å². The van der Waals surface area contributed by atoms with Gasteiger partial charge in [-0.15, -0.1) is 0 Å². The van der Waals surface area contributed by atoms with E-state index in [4.69, 9.17) is 28.0 Å². The fourth-order valence-corrected chi connectivity index (χ4v) is 2.05. The van der Waals surface area contributed by atoms with Gasteiger partial charge in [-0.3, -0.25) is 19.7 Å². The summed E-state index contributed by atoms with van der Waals surface area (Å²) in [6.07, 6.45) is 0. The quantitative estimate of drug-likeness (QED) is 0.447. The number of benzene rings is 2. The highest BCUT2D eigenvalue weighted by atomic mass is 35.5. The molecule has 0 bridgehead atoms. The summed E-state index contributed by atoms with van der Waals surface area (Å²) >= 11 is 11.6. The maximum absolute atomic E-state index is 11.8. The summed E-state index contributed by atoms with van der Waals surface area (Å²) < 4.78 is 0. The van der Waals surface area contributed by atoms with Crippen LogP contribution in [-0.4, -0.2) is 23.3 Å². The molecule has 25 heavy (non-hydrogen) atoms. The second kappa shape index (κ2) is 8.43. The lowest BCUT2D eigenvalue weighted by Gasteiger charge is -2.08. The van der Waals surface area contributed by atoms with Crippen LogP contribution in [0.4, 0.5) is 16.2 Å². The largest absolute Gasteiger partial charge is 0.343 e. The summed E-state index contributed by atoms with van der Waals surface area (Å²) in [7, 11) is 0. The number of ketones is 1. The van der Waals surface area contributed by atoms with Gasteiger partial charge in [-0.05, 0) is 30.3 Å². The molecule has 0 fully saturated rings. The minimum absolute atomic E-state index is 0.128. The molecule has 0 aromatic heterocycles. The summed E-state index contributed by atoms with van der Waals surface area (Å²) in [6, 6.07) is 8.81. The number of amides is 2. The average molecular weight is 384 g/mol. The smallest absolute Gasteiger partial charge is 0.306 e. The normalized spacial score (nSPS) is 10.2. The number of carbonyl (C=O) groups excluding carboxylic acids is 2. The van der Waals surface area contributed by atoms with Crippen molar-refractivity contribution in [2.75, 3.05) is 11.9 Å². The van der Waals surface area contributed by atoms with Gasteiger partial charge >= 0.3 is 6.03 Å². The van der Waals surface area contributed by atoms with E-state index in [-0.39, 0.29) is 16.3 Å². The predicted molar refractivity (Wildman–Crippen MR) is 92.0 cm³/mol. The van der Waals surface area contributed by atoms with Gasteiger partial charge in [-0.25, -0.2) is 10.3 Å². The molecule has 8 nitrogen and oxygen atoms in total. The van der Waals surface area contributed by atoms with Crippen molar-refractivity contribution in [3.63, 3.8) is 0 Å². The lowest BCUT2D eigenvalue weighted by Crippen LogP contribution is -2.30. The van der Waals surface area contributed by atoms with Gasteiger partial charge in [-0.2, -0.15) is 0 Å². The number of nitro benzene ring substituents is 1. The summed E-state index contributed by atoms with van der Waals surface area (Å²) in [6.45, 7) is -0.438. The van der Waals surface area contributed by atoms with Crippen LogP contribution in [0.15, 0.2) is 42.5 Å². The van der Waals surface area contributed by atoms with E-state index in [9.17, 15) is 19.7 Å². The minimum Gasteiger partial charge on any atom is -0.306 e. The Morgan fingerprint density at radius 1 is 1.08 bits per heavy atom. The number of nitrogens with one attached hydrogen (secondary N) is 2. The number of halogens is 2. The van der Waals surface area contributed by atoms with Crippen molar-refractivity contribution in [2.45, 2.75) is 0 Å². The van der Waals surface area contributed by atoms with Gasteiger partial charge in [0.15, 0.2) is 5.78 Å². The Morgan fingerprint density at radius 3 is 2.36 bits per heavy atom. The van der Waals surface area contributed by atoms with Gasteiger partial charge < -0.3 is 5.32 Å². The van der Waals surface area contributed by atoms with Gasteiger partial charge in [-0.1, -0.05) is 23.2 Å². The van der Waals surface area contributed by atoms with Gasteiger partial charge in [0.1, 0.15) is 6.61 Å². The summed E-state index contributed by atoms with van der Waals surface area (Å²) in [5.74, 6) is -0.454. The highest BCUT2D eigenvalue weighted by Gasteiger charge is 2.11. The zero-order valence-electron chi connectivity index (χ0n) is 12.5. The standard InChI is InChI=1S/C15H11Cl2N3O5/c16-12-6-3-10(7-13(12)17)18-15(22)19-25-8-14(21)9-1-4-11(5-2-9)20(23)24/h1-7H,8H2,(H2,18,19,22). The maximum Gasteiger partial charge on any atom is 0.343 e. The summed E-state index contributed by atoms with van der Waals surface area (Å²) in [5, 5.41) is 13.6. The van der Waals surface area contributed by atoms with Crippen LogP contribution in [0.25, 0.3) is 0 Å². The maximum atomic E-state index is 11.8. The molecule has 0 aliphatic heterocycles. The monoisotopic (exact) mass is 383 g/mol. The third-order valence-corrected chi connectivity index (χ3v) is 3.68. The molecule has 2 aromatic carbocycles. The molecule has 0 radical (unpaired) electrons. The van der Waals surface area contributed by atoms with E-state index in [0.717, 1.165) is 0 Å². The van der Waals surface area contributed by atoms with Crippen molar-refractivity contribution in [2.24, 2.45) is 0 Å². The number of anilines is 1. The van der Waals surface area contributed by atoms with Gasteiger partial charge in [0, 0.05) is 23.4 Å². The van der Waals surface area contributed by atoms with E-state index in [1.54, 1.807) is 0 Å². The Labute approximate surface area is 151 Å². The number of urea groups is 1. The molecule has 2 N–H and O–H groups in total. The third kappa shape index (κ3) is 5.42. The van der Waals surface area contributed by atoms with Crippen molar-refractivity contribution in [3.8, 4) is 0 Å². The van der Waals surface area contributed by atoms with Gasteiger partial charge in [0.2, 0.25) is 0 Å². The topological polar surface area (TPSA) is 111 Å². The van der Waals surface area contributed by atoms with E-state index in [2.05, 4.69) is 5.32 Å². The molecule has 0 saturated carbocycles. The first-order valence-corrected chi connectivity index (χ1v) is 7.54. The number of hydroxylamine groups is 1. The van der Waals surface area contributed by atoms with Crippen LogP contribution < -0.4 is 10.8 Å². The molecule has 0 atom stereocenters. The molecule has 0 heterocycles. The van der Waals surface area contributed by atoms with Crippen molar-refractivity contribution < 1.29 is 19.3 Å². The molecule has 0 aliphatic rings. The first-order chi connectivity index (χ1) is 11.9. The van der Waals surface area contributed by atoms with Crippen LogP contribution in [-0.2, 0) is 4.84 Å². The molecule has 10 heteroatoms. The lowest BCUT2D eigenvalue weighted by atomic mass is 10.1. The van der Waals surface area contributed by atoms with Crippen molar-refractivity contribution in [3.05, 3.63) is 68.2 Å². The number of nitrogens with zero attached hydrogens (tertiary/aromatic N) is 1. The molecule has 0 spiro atoms. The van der Waals surface area contributed by atoms with Crippen LogP contribution in [0.3, 0.4) is 0 Å². The molecule has 0 saturated heterocycles. The van der Waals surface area contributed by atoms with E-state index >= 15 is 0 Å². The third-order valence-electron chi connectivity index (χ3n) is 2.95. The molecule has 2 amide bonds. The second-order valence-corrected chi connectivity index (χ2v) is 5.52. The van der Waals surface area contributed by atoms with Crippen LogP contribution in [0, 0.1) is 10.1 Å². The predicted octanol–water partition coefficient (Wildman–Crippen LogP) is 3.84. The van der Waals surface area contributed by atoms with Crippen LogP contribution in [0.5, 0.6) is 0 Å². The Bertz CT molecular complexity index is 811. The Hall–Kier alpha value is -2.68. The van der Waals surface area contributed by atoms with Crippen molar-refractivity contribution >= 4 is 46.4 Å². The zero-order valence-corrected chi connectivity index (χ0v) is 14.0. The van der Waals surface area contributed by atoms with Gasteiger partial charge in [0.05, 0.1) is 15.0 Å². The Morgan fingerprint density at radius 2 is 1.76 bits per heavy atom. The van der Waals surface area contributed by atoms with E-state index < -0.39 is 23.3 Å². The zero-order chi connectivity index (χ0) is 18.4. The number of Topliss-reactive ketones (excluding diaryl/α,β-unsaturated/α-hetero) is 1. The Balaban J connectivity index is 1.81. The number of nitro groups is 1. The van der Waals surface area contributed by atoms with Crippen LogP contribution in [0.1, 0.15) is 10.4 Å². The Kier molecular flexibility index (Phi) is 6.29. The lowest BCUT2D eigenvalue weighted by molar-refractivity contribution is -0.384. The van der Waals surface area contributed by atoms with Crippen molar-refractivity contribution in [1.29, 1.82) is 0 Å². The number of rotatable bonds is 6. The molecule has 0 unspecified atom stereocenters. The average Bonchev–Trinajstić information content (AvgIpc) is 2.58. The molecule has 2 rings (SSSR count).